The van der Waals surface area contributed by atoms with Gasteiger partial charge in [-0.25, -0.2) is 0 Å². The van der Waals surface area contributed by atoms with Gasteiger partial charge >= 0.3 is 0 Å². The second kappa shape index (κ2) is 6.70. The maximum Gasteiger partial charge on any atom is 0.245 e. The Bertz CT molecular complexity index is 435. The number of carbonyl (C=O) groups excluding carboxylic acids is 2. The Hall–Kier alpha value is -1.21. The van der Waals surface area contributed by atoms with Crippen molar-refractivity contribution in [2.45, 2.75) is 38.6 Å². The molecule has 1 aliphatic heterocycles. The summed E-state index contributed by atoms with van der Waals surface area (Å²) in [5, 5.41) is 2.76. The Morgan fingerprint density at radius 2 is 2.10 bits per heavy atom. The standard InChI is InChI=1S/C14H23N3O3S/c1-2-16-11(18)10-9-20-8-7-17(10)13(19)14(12(15)21)5-3-4-6-14/h10H,2-9H2,1H3,(H2,15,21)(H,16,18). The molecule has 0 aromatic rings. The summed E-state index contributed by atoms with van der Waals surface area (Å²) in [4.78, 5) is 27.0. The Morgan fingerprint density at radius 3 is 2.67 bits per heavy atom. The normalized spacial score (nSPS) is 24.6. The van der Waals surface area contributed by atoms with Crippen LogP contribution in [0.25, 0.3) is 0 Å². The van der Waals surface area contributed by atoms with Crippen LogP contribution in [0.4, 0.5) is 0 Å². The van der Waals surface area contributed by atoms with E-state index in [9.17, 15) is 9.59 Å². The zero-order valence-corrected chi connectivity index (χ0v) is 13.2. The van der Waals surface area contributed by atoms with Crippen molar-refractivity contribution in [3.8, 4) is 0 Å². The van der Waals surface area contributed by atoms with E-state index < -0.39 is 11.5 Å². The molecule has 118 valence electrons. The number of rotatable bonds is 4. The monoisotopic (exact) mass is 313 g/mol. The van der Waals surface area contributed by atoms with Crippen LogP contribution in [0.15, 0.2) is 0 Å². The van der Waals surface area contributed by atoms with Gasteiger partial charge in [0.05, 0.1) is 23.6 Å². The van der Waals surface area contributed by atoms with Gasteiger partial charge in [-0.05, 0) is 19.8 Å². The van der Waals surface area contributed by atoms with Crippen molar-refractivity contribution in [1.82, 2.24) is 10.2 Å². The largest absolute Gasteiger partial charge is 0.392 e. The molecule has 2 rings (SSSR count). The average Bonchev–Trinajstić information content (AvgIpc) is 2.97. The second-order valence-electron chi connectivity index (χ2n) is 5.64. The number of hydrogen-bond acceptors (Lipinski definition) is 4. The molecule has 1 saturated carbocycles. The number of nitrogens with one attached hydrogen (secondary N) is 1. The number of nitrogens with two attached hydrogens (primary N) is 1. The van der Waals surface area contributed by atoms with Gasteiger partial charge in [-0.1, -0.05) is 25.1 Å². The van der Waals surface area contributed by atoms with Crippen molar-refractivity contribution < 1.29 is 14.3 Å². The highest BCUT2D eigenvalue weighted by Gasteiger charge is 2.48. The summed E-state index contributed by atoms with van der Waals surface area (Å²) < 4.78 is 5.37. The molecule has 1 aliphatic carbocycles. The minimum Gasteiger partial charge on any atom is -0.392 e. The first-order valence-corrected chi connectivity index (χ1v) is 7.90. The molecule has 0 radical (unpaired) electrons. The van der Waals surface area contributed by atoms with Crippen LogP contribution in [0.1, 0.15) is 32.6 Å². The van der Waals surface area contributed by atoms with E-state index in [2.05, 4.69) is 5.32 Å². The molecule has 0 spiro atoms. The lowest BCUT2D eigenvalue weighted by Crippen LogP contribution is -2.60. The topological polar surface area (TPSA) is 84.7 Å². The predicted molar refractivity (Wildman–Crippen MR) is 82.7 cm³/mol. The van der Waals surface area contributed by atoms with E-state index in [-0.39, 0.29) is 23.4 Å². The van der Waals surface area contributed by atoms with Gasteiger partial charge < -0.3 is 20.7 Å². The third-order valence-corrected chi connectivity index (χ3v) is 4.77. The summed E-state index contributed by atoms with van der Waals surface area (Å²) in [7, 11) is 0. The quantitative estimate of drug-likeness (QED) is 0.724. The highest BCUT2D eigenvalue weighted by molar-refractivity contribution is 7.80. The molecule has 2 fully saturated rings. The molecule has 2 amide bonds. The molecular formula is C14H23N3O3S. The lowest BCUT2D eigenvalue weighted by molar-refractivity contribution is -0.153. The van der Waals surface area contributed by atoms with Crippen LogP contribution in [0.5, 0.6) is 0 Å². The van der Waals surface area contributed by atoms with E-state index in [0.717, 1.165) is 12.8 Å². The number of likely N-dealkylation sites (N-methyl/N-ethyl adjacent to an activating group) is 1. The number of amides is 2. The van der Waals surface area contributed by atoms with Crippen molar-refractivity contribution >= 4 is 29.0 Å². The lowest BCUT2D eigenvalue weighted by Gasteiger charge is -2.40. The smallest absolute Gasteiger partial charge is 0.245 e. The van der Waals surface area contributed by atoms with Crippen molar-refractivity contribution in [2.75, 3.05) is 26.3 Å². The number of hydrogen-bond donors (Lipinski definition) is 2. The van der Waals surface area contributed by atoms with Gasteiger partial charge in [-0.2, -0.15) is 0 Å². The maximum absolute atomic E-state index is 13.0. The molecule has 1 saturated heterocycles. The maximum atomic E-state index is 13.0. The third kappa shape index (κ3) is 3.03. The Kier molecular flexibility index (Phi) is 5.16. The van der Waals surface area contributed by atoms with Gasteiger partial charge in [0.1, 0.15) is 6.04 Å². The van der Waals surface area contributed by atoms with E-state index in [0.29, 0.717) is 32.5 Å². The Balaban J connectivity index is 2.22. The van der Waals surface area contributed by atoms with E-state index in [1.807, 2.05) is 6.92 Å². The van der Waals surface area contributed by atoms with Crippen molar-refractivity contribution in [3.63, 3.8) is 0 Å². The number of ether oxygens (including phenoxy) is 1. The van der Waals surface area contributed by atoms with Gasteiger partial charge in [0.15, 0.2) is 0 Å². The van der Waals surface area contributed by atoms with Crippen LogP contribution in [0, 0.1) is 5.41 Å². The predicted octanol–water partition coefficient (Wildman–Crippen LogP) is 0.196. The molecule has 1 atom stereocenters. The fraction of sp³-hybridized carbons (Fsp3) is 0.786. The number of nitrogens with zero attached hydrogens (tertiary/aromatic N) is 1. The summed E-state index contributed by atoms with van der Waals surface area (Å²) in [5.74, 6) is -0.284. The third-order valence-electron chi connectivity index (χ3n) is 4.38. The second-order valence-corrected chi connectivity index (χ2v) is 6.08. The number of thiocarbonyl (C=S) groups is 1. The molecule has 1 heterocycles. The molecule has 7 heteroatoms. The zero-order valence-electron chi connectivity index (χ0n) is 12.4. The SMILES string of the molecule is CCNC(=O)C1COCCN1C(=O)C1(C(N)=S)CCCC1. The van der Waals surface area contributed by atoms with Crippen LogP contribution >= 0.6 is 12.2 Å². The first kappa shape index (κ1) is 16.2. The molecular weight excluding hydrogens is 290 g/mol. The molecule has 1 unspecified atom stereocenters. The minimum absolute atomic E-state index is 0.105. The first-order valence-electron chi connectivity index (χ1n) is 7.49. The van der Waals surface area contributed by atoms with E-state index >= 15 is 0 Å². The summed E-state index contributed by atoms with van der Waals surface area (Å²) in [6.45, 7) is 3.45. The lowest BCUT2D eigenvalue weighted by atomic mass is 9.83. The fourth-order valence-electron chi connectivity index (χ4n) is 3.18. The highest BCUT2D eigenvalue weighted by Crippen LogP contribution is 2.40. The van der Waals surface area contributed by atoms with Gasteiger partial charge in [0.2, 0.25) is 11.8 Å². The van der Waals surface area contributed by atoms with E-state index in [1.54, 1.807) is 4.90 Å². The van der Waals surface area contributed by atoms with Gasteiger partial charge in [-0.3, -0.25) is 9.59 Å². The van der Waals surface area contributed by atoms with Crippen molar-refractivity contribution in [1.29, 1.82) is 0 Å². The van der Waals surface area contributed by atoms with Crippen LogP contribution in [-0.2, 0) is 14.3 Å². The van der Waals surface area contributed by atoms with Gasteiger partial charge in [-0.15, -0.1) is 0 Å². The van der Waals surface area contributed by atoms with Gasteiger partial charge in [0.25, 0.3) is 0 Å². The molecule has 21 heavy (non-hydrogen) atoms. The fourth-order valence-corrected chi connectivity index (χ4v) is 3.47. The van der Waals surface area contributed by atoms with Crippen LogP contribution in [0.2, 0.25) is 0 Å². The van der Waals surface area contributed by atoms with Crippen molar-refractivity contribution in [2.24, 2.45) is 11.1 Å². The number of morpholine rings is 1. The average molecular weight is 313 g/mol. The zero-order chi connectivity index (χ0) is 15.5. The molecule has 0 bridgehead atoms. The summed E-state index contributed by atoms with van der Waals surface area (Å²) in [6, 6.07) is -0.585. The van der Waals surface area contributed by atoms with Crippen LogP contribution in [0.3, 0.4) is 0 Å². The molecule has 6 nitrogen and oxygen atoms in total. The molecule has 0 aromatic heterocycles. The summed E-state index contributed by atoms with van der Waals surface area (Å²) >= 11 is 5.17. The van der Waals surface area contributed by atoms with Crippen LogP contribution in [-0.4, -0.2) is 54.0 Å². The first-order chi connectivity index (χ1) is 10.0. The summed E-state index contributed by atoms with van der Waals surface area (Å²) in [6.07, 6.45) is 3.25. The highest BCUT2D eigenvalue weighted by atomic mass is 32.1. The Labute approximate surface area is 130 Å². The number of carbonyl (C=O) groups is 2. The molecule has 3 N–H and O–H groups in total. The Morgan fingerprint density at radius 1 is 1.43 bits per heavy atom. The molecule has 2 aliphatic rings. The van der Waals surface area contributed by atoms with Crippen LogP contribution < -0.4 is 11.1 Å². The van der Waals surface area contributed by atoms with E-state index in [1.165, 1.54) is 0 Å². The summed E-state index contributed by atoms with van der Waals surface area (Å²) in [5.41, 5.74) is 5.11. The van der Waals surface area contributed by atoms with Crippen molar-refractivity contribution in [3.05, 3.63) is 0 Å². The molecule has 0 aromatic carbocycles. The van der Waals surface area contributed by atoms with Gasteiger partial charge in [0, 0.05) is 13.1 Å². The van der Waals surface area contributed by atoms with E-state index in [4.69, 9.17) is 22.7 Å². The minimum atomic E-state index is -0.766.